The molecule has 0 radical (unpaired) electrons. The van der Waals surface area contributed by atoms with E-state index in [0.717, 1.165) is 28.7 Å². The van der Waals surface area contributed by atoms with E-state index in [1.165, 1.54) is 0 Å². The van der Waals surface area contributed by atoms with E-state index in [1.807, 2.05) is 53.7 Å². The van der Waals surface area contributed by atoms with E-state index in [1.54, 1.807) is 24.4 Å². The van der Waals surface area contributed by atoms with Crippen molar-refractivity contribution in [3.05, 3.63) is 70.0 Å². The van der Waals surface area contributed by atoms with Crippen LogP contribution in [-0.4, -0.2) is 53.7 Å². The van der Waals surface area contributed by atoms with Gasteiger partial charge < -0.3 is 26.2 Å². The number of allylic oxidation sites excluding steroid dienone is 2. The van der Waals surface area contributed by atoms with E-state index < -0.39 is 6.10 Å². The predicted molar refractivity (Wildman–Crippen MR) is 185 cm³/mol. The highest BCUT2D eigenvalue weighted by molar-refractivity contribution is 6.33. The summed E-state index contributed by atoms with van der Waals surface area (Å²) in [6.07, 6.45) is 6.61. The average Bonchev–Trinajstić information content (AvgIpc) is 3.58. The number of hydrogen-bond acceptors (Lipinski definition) is 6. The Morgan fingerprint density at radius 1 is 1.30 bits per heavy atom. The standard InChI is InChI=1S/C31H40ClFN6O2.C2H6.CH4/c1-6-18(15-35-9-4)20-13-19-10-11-25(27(19)23(33)14-20)36-30-22(32)12-17(5)29(38-30)39-31(34)37-24(8-3)28-21(7-2)26(40)16-41-28;1-2;/h6-7,12-15,21,24-26,28,40H,2,8-11,16H2,1,3-5H3,(H4,34,36,37,38,39);1-2H3;1H4/b18-6+,35-15?;;. The Balaban J connectivity index is 0.00000220. The van der Waals surface area contributed by atoms with Crippen molar-refractivity contribution in [2.45, 2.75) is 92.5 Å². The SMILES string of the molecule is C.C=CC1C(O)COC1C(CC)N=C(N)Nc1nc(NC2CCc3cc(/C(C=NCC)=C/C)cc(F)c32)c(Cl)cc1C.CC. The fraction of sp³-hybridized carbons (Fsp3) is 0.500. The van der Waals surface area contributed by atoms with Crippen LogP contribution in [0, 0.1) is 18.7 Å². The monoisotopic (exact) mass is 628 g/mol. The molecule has 2 heterocycles. The molecule has 1 aromatic carbocycles. The molecule has 44 heavy (non-hydrogen) atoms. The maximum absolute atomic E-state index is 15.5. The third-order valence-electron chi connectivity index (χ3n) is 7.70. The second-order valence-electron chi connectivity index (χ2n) is 10.4. The van der Waals surface area contributed by atoms with Gasteiger partial charge in [0.05, 0.1) is 35.9 Å². The van der Waals surface area contributed by atoms with Crippen molar-refractivity contribution >= 4 is 41.0 Å². The molecule has 0 saturated carbocycles. The van der Waals surface area contributed by atoms with Crippen molar-refractivity contribution in [2.24, 2.45) is 21.6 Å². The van der Waals surface area contributed by atoms with Gasteiger partial charge in [-0.05, 0) is 74.4 Å². The van der Waals surface area contributed by atoms with Crippen LogP contribution in [0.3, 0.4) is 0 Å². The van der Waals surface area contributed by atoms with E-state index in [9.17, 15) is 5.11 Å². The Bertz CT molecular complexity index is 1360. The van der Waals surface area contributed by atoms with Crippen molar-refractivity contribution in [3.63, 3.8) is 0 Å². The van der Waals surface area contributed by atoms with Gasteiger partial charge in [-0.1, -0.05) is 58.0 Å². The molecule has 1 saturated heterocycles. The number of halogens is 2. The molecule has 1 aliphatic carbocycles. The van der Waals surface area contributed by atoms with Crippen LogP contribution in [0.5, 0.6) is 0 Å². The molecule has 10 heteroatoms. The van der Waals surface area contributed by atoms with Crippen LogP contribution in [0.4, 0.5) is 16.0 Å². The van der Waals surface area contributed by atoms with E-state index in [0.29, 0.717) is 41.6 Å². The number of guanidine groups is 1. The molecule has 8 nitrogen and oxygen atoms in total. The van der Waals surface area contributed by atoms with Gasteiger partial charge in [-0.2, -0.15) is 0 Å². The number of aliphatic imine (C=N–C) groups is 2. The van der Waals surface area contributed by atoms with Crippen LogP contribution in [0.2, 0.25) is 5.02 Å². The van der Waals surface area contributed by atoms with Crippen molar-refractivity contribution in [2.75, 3.05) is 23.8 Å². The lowest BCUT2D eigenvalue weighted by molar-refractivity contribution is 0.0711. The zero-order valence-electron chi connectivity index (χ0n) is 26.1. The molecule has 242 valence electrons. The van der Waals surface area contributed by atoms with Crippen LogP contribution in [0.25, 0.3) is 5.57 Å². The topological polar surface area (TPSA) is 117 Å². The molecule has 0 amide bonds. The first-order valence-corrected chi connectivity index (χ1v) is 15.5. The van der Waals surface area contributed by atoms with Crippen LogP contribution in [0.1, 0.15) is 83.2 Å². The molecule has 2 aromatic rings. The minimum atomic E-state index is -0.609. The summed E-state index contributed by atoms with van der Waals surface area (Å²) in [4.78, 5) is 13.6. The van der Waals surface area contributed by atoms with Gasteiger partial charge in [0.25, 0.3) is 0 Å². The molecule has 1 fully saturated rings. The van der Waals surface area contributed by atoms with E-state index >= 15 is 4.39 Å². The molecule has 4 rings (SSSR count). The van der Waals surface area contributed by atoms with Crippen LogP contribution in [0.15, 0.2) is 46.9 Å². The first-order valence-electron chi connectivity index (χ1n) is 15.2. The van der Waals surface area contributed by atoms with Gasteiger partial charge in [-0.3, -0.25) is 4.99 Å². The van der Waals surface area contributed by atoms with Crippen molar-refractivity contribution in [3.8, 4) is 0 Å². The second-order valence-corrected chi connectivity index (χ2v) is 10.8. The number of ether oxygens (including phenoxy) is 1. The third kappa shape index (κ3) is 8.46. The number of nitrogens with two attached hydrogens (primary N) is 1. The maximum Gasteiger partial charge on any atom is 0.194 e. The number of aryl methyl sites for hydroxylation is 2. The van der Waals surface area contributed by atoms with Gasteiger partial charge in [0, 0.05) is 24.2 Å². The summed E-state index contributed by atoms with van der Waals surface area (Å²) in [6.45, 7) is 16.5. The normalized spacial score (nSPS) is 22.1. The van der Waals surface area contributed by atoms with Gasteiger partial charge in [0.2, 0.25) is 0 Å². The molecule has 0 spiro atoms. The minimum Gasteiger partial charge on any atom is -0.390 e. The van der Waals surface area contributed by atoms with Gasteiger partial charge in [0.15, 0.2) is 5.96 Å². The largest absolute Gasteiger partial charge is 0.390 e. The number of nitrogens with one attached hydrogen (secondary N) is 2. The van der Waals surface area contributed by atoms with Gasteiger partial charge in [0.1, 0.15) is 17.5 Å². The number of rotatable bonds is 10. The molecule has 1 aromatic heterocycles. The number of aliphatic hydroxyl groups excluding tert-OH is 1. The molecular formula is C34H50ClFN6O2. The highest BCUT2D eigenvalue weighted by Gasteiger charge is 2.38. The Morgan fingerprint density at radius 3 is 2.66 bits per heavy atom. The van der Waals surface area contributed by atoms with Crippen LogP contribution in [-0.2, 0) is 11.2 Å². The van der Waals surface area contributed by atoms with Gasteiger partial charge in [-0.15, -0.1) is 6.58 Å². The number of pyridine rings is 1. The lowest BCUT2D eigenvalue weighted by Gasteiger charge is -2.23. The van der Waals surface area contributed by atoms with Crippen LogP contribution >= 0.6 is 11.6 Å². The Kier molecular flexibility index (Phi) is 14.5. The smallest absolute Gasteiger partial charge is 0.194 e. The number of fused-ring (bicyclic) bond motifs is 1. The lowest BCUT2D eigenvalue weighted by atomic mass is 9.93. The van der Waals surface area contributed by atoms with Crippen LogP contribution < -0.4 is 16.4 Å². The quantitative estimate of drug-likeness (QED) is 0.123. The Morgan fingerprint density at radius 2 is 2.02 bits per heavy atom. The third-order valence-corrected chi connectivity index (χ3v) is 7.99. The molecule has 5 N–H and O–H groups in total. The summed E-state index contributed by atoms with van der Waals surface area (Å²) in [5.74, 6) is 0.603. The summed E-state index contributed by atoms with van der Waals surface area (Å²) in [5.41, 5.74) is 10.4. The maximum atomic E-state index is 15.5. The minimum absolute atomic E-state index is 0. The highest BCUT2D eigenvalue weighted by Crippen LogP contribution is 2.39. The fourth-order valence-electron chi connectivity index (χ4n) is 5.54. The highest BCUT2D eigenvalue weighted by atomic mass is 35.5. The molecule has 1 aliphatic heterocycles. The second kappa shape index (κ2) is 17.3. The molecule has 2 aliphatic rings. The molecule has 0 bridgehead atoms. The lowest BCUT2D eigenvalue weighted by Crippen LogP contribution is -2.35. The van der Waals surface area contributed by atoms with Crippen molar-refractivity contribution in [1.82, 2.24) is 4.98 Å². The van der Waals surface area contributed by atoms with E-state index in [2.05, 4.69) is 27.2 Å². The Labute approximate surface area is 267 Å². The fourth-order valence-corrected chi connectivity index (χ4v) is 5.80. The number of aromatic nitrogens is 1. The van der Waals surface area contributed by atoms with Crippen molar-refractivity contribution < 1.29 is 14.2 Å². The average molecular weight is 629 g/mol. The van der Waals surface area contributed by atoms with E-state index in [4.69, 9.17) is 27.1 Å². The molecule has 5 unspecified atom stereocenters. The van der Waals surface area contributed by atoms with Gasteiger partial charge in [-0.25, -0.2) is 14.4 Å². The summed E-state index contributed by atoms with van der Waals surface area (Å²) in [6, 6.07) is 4.84. The summed E-state index contributed by atoms with van der Waals surface area (Å²) in [5, 5.41) is 17.1. The summed E-state index contributed by atoms with van der Waals surface area (Å²) < 4.78 is 21.3. The molecular weight excluding hydrogens is 579 g/mol. The summed E-state index contributed by atoms with van der Waals surface area (Å²) >= 11 is 6.58. The Hall–Kier alpha value is -3.27. The van der Waals surface area contributed by atoms with Gasteiger partial charge >= 0.3 is 0 Å². The number of hydrogen-bond donors (Lipinski definition) is 4. The first kappa shape index (κ1) is 36.9. The number of benzene rings is 1. The first-order chi connectivity index (χ1) is 20.7. The number of aliphatic hydroxyl groups is 1. The van der Waals surface area contributed by atoms with Crippen molar-refractivity contribution in [1.29, 1.82) is 0 Å². The number of nitrogens with zero attached hydrogens (tertiary/aromatic N) is 3. The zero-order valence-corrected chi connectivity index (χ0v) is 26.9. The summed E-state index contributed by atoms with van der Waals surface area (Å²) in [7, 11) is 0. The predicted octanol–water partition coefficient (Wildman–Crippen LogP) is 7.51. The van der Waals surface area contributed by atoms with E-state index in [-0.39, 0.29) is 49.9 Å². The zero-order chi connectivity index (χ0) is 31.7. The molecule has 5 atom stereocenters. The number of anilines is 2.